The number of carbonyl (C=O) groups excluding carboxylic acids is 2. The summed E-state index contributed by atoms with van der Waals surface area (Å²) in [6.07, 6.45) is 0.996. The summed E-state index contributed by atoms with van der Waals surface area (Å²) in [5.41, 5.74) is -1.56. The van der Waals surface area contributed by atoms with Crippen molar-refractivity contribution in [3.8, 4) is 11.5 Å². The molecule has 1 N–H and O–H groups in total. The number of halogens is 5. The van der Waals surface area contributed by atoms with Gasteiger partial charge in [-0.3, -0.25) is 9.59 Å². The van der Waals surface area contributed by atoms with E-state index in [-0.39, 0.29) is 23.6 Å². The maximum atomic E-state index is 14.6. The first kappa shape index (κ1) is 29.9. The van der Waals surface area contributed by atoms with Crippen molar-refractivity contribution in [3.05, 3.63) is 77.2 Å². The first-order chi connectivity index (χ1) is 20.6. The highest BCUT2D eigenvalue weighted by Crippen LogP contribution is 2.37. The Bertz CT molecular complexity index is 1640. The van der Waals surface area contributed by atoms with Crippen molar-refractivity contribution in [2.75, 3.05) is 38.7 Å². The molecule has 5 rings (SSSR count). The molecule has 0 bridgehead atoms. The first-order valence-electron chi connectivity index (χ1n) is 13.2. The van der Waals surface area contributed by atoms with Crippen LogP contribution in [0.1, 0.15) is 24.8 Å². The Morgan fingerprint density at radius 2 is 1.74 bits per heavy atom. The Morgan fingerprint density at radius 1 is 0.977 bits per heavy atom. The van der Waals surface area contributed by atoms with Crippen molar-refractivity contribution in [3.63, 3.8) is 0 Å². The van der Waals surface area contributed by atoms with Gasteiger partial charge in [-0.05, 0) is 50.6 Å². The maximum absolute atomic E-state index is 14.6. The highest BCUT2D eigenvalue weighted by atomic mass is 19.3. The van der Waals surface area contributed by atoms with Gasteiger partial charge in [0.15, 0.2) is 34.7 Å². The summed E-state index contributed by atoms with van der Waals surface area (Å²) in [6, 6.07) is 3.78. The maximum Gasteiger partial charge on any atom is 0.429 e. The van der Waals surface area contributed by atoms with E-state index in [4.69, 9.17) is 9.47 Å². The molecule has 1 aliphatic heterocycles. The van der Waals surface area contributed by atoms with Crippen molar-refractivity contribution in [1.82, 2.24) is 14.9 Å². The molecule has 2 heterocycles. The molecular formula is C29H25F5N4O5. The van der Waals surface area contributed by atoms with Gasteiger partial charge in [0.2, 0.25) is 11.6 Å². The van der Waals surface area contributed by atoms with Crippen LogP contribution in [0.2, 0.25) is 0 Å². The van der Waals surface area contributed by atoms with Crippen LogP contribution >= 0.6 is 0 Å². The minimum absolute atomic E-state index is 0.100. The molecule has 2 aliphatic rings. The molecule has 0 amide bonds. The molecule has 9 nitrogen and oxygen atoms in total. The van der Waals surface area contributed by atoms with Crippen LogP contribution in [-0.4, -0.2) is 59.8 Å². The molecule has 14 heteroatoms. The van der Waals surface area contributed by atoms with E-state index in [1.807, 2.05) is 0 Å². The van der Waals surface area contributed by atoms with E-state index in [9.17, 15) is 31.5 Å². The molecule has 1 aliphatic carbocycles. The Morgan fingerprint density at radius 3 is 2.49 bits per heavy atom. The average Bonchev–Trinajstić information content (AvgIpc) is 3.50. The summed E-state index contributed by atoms with van der Waals surface area (Å²) in [5.74, 6) is -8.37. The fraction of sp³-hybridized carbons (Fsp3) is 0.310. The van der Waals surface area contributed by atoms with Gasteiger partial charge in [-0.25, -0.2) is 23.1 Å². The number of allylic oxidation sites excluding steroid dienone is 2. The second kappa shape index (κ2) is 12.3. The lowest BCUT2D eigenvalue weighted by molar-refractivity contribution is -0.226. The van der Waals surface area contributed by atoms with E-state index in [2.05, 4.69) is 24.9 Å². The van der Waals surface area contributed by atoms with Crippen molar-refractivity contribution in [1.29, 1.82) is 0 Å². The predicted molar refractivity (Wildman–Crippen MR) is 143 cm³/mol. The fourth-order valence-electron chi connectivity index (χ4n) is 4.70. The first-order valence-corrected chi connectivity index (χ1v) is 13.2. The highest BCUT2D eigenvalue weighted by Gasteiger charge is 2.42. The van der Waals surface area contributed by atoms with E-state index < -0.39 is 46.4 Å². The Kier molecular flexibility index (Phi) is 8.57. The largest absolute Gasteiger partial charge is 0.493 e. The molecule has 3 aromatic rings. The predicted octanol–water partition coefficient (Wildman–Crippen LogP) is 5.02. The van der Waals surface area contributed by atoms with Crippen LogP contribution in [0, 0.1) is 17.5 Å². The molecule has 1 aromatic heterocycles. The minimum atomic E-state index is -4.60. The number of alkyl halides is 2. The Balaban J connectivity index is 1.30. The van der Waals surface area contributed by atoms with Gasteiger partial charge >= 0.3 is 6.11 Å². The van der Waals surface area contributed by atoms with Crippen LogP contribution in [0.25, 0.3) is 10.9 Å². The summed E-state index contributed by atoms with van der Waals surface area (Å²) in [7, 11) is 1.45. The molecule has 226 valence electrons. The topological polar surface area (TPSA) is 103 Å². The molecule has 0 spiro atoms. The number of fused-ring (bicyclic) bond motifs is 1. The van der Waals surface area contributed by atoms with Crippen LogP contribution in [0.15, 0.2) is 54.2 Å². The number of nitrogens with one attached hydrogen (secondary N) is 1. The molecule has 0 unspecified atom stereocenters. The zero-order valence-corrected chi connectivity index (χ0v) is 22.8. The van der Waals surface area contributed by atoms with Crippen molar-refractivity contribution < 1.29 is 45.8 Å². The lowest BCUT2D eigenvalue weighted by Crippen LogP contribution is -2.26. The van der Waals surface area contributed by atoms with Crippen molar-refractivity contribution in [2.24, 2.45) is 0 Å². The number of ether oxygens (including phenoxy) is 3. The van der Waals surface area contributed by atoms with Gasteiger partial charge in [-0.2, -0.15) is 8.78 Å². The van der Waals surface area contributed by atoms with Crippen molar-refractivity contribution in [2.45, 2.75) is 25.4 Å². The summed E-state index contributed by atoms with van der Waals surface area (Å²) in [5, 5.41) is 3.09. The monoisotopic (exact) mass is 604 g/mol. The number of aromatic nitrogens is 2. The third kappa shape index (κ3) is 6.43. The summed E-state index contributed by atoms with van der Waals surface area (Å²) in [6.45, 7) is 3.56. The number of hydrogen-bond acceptors (Lipinski definition) is 9. The smallest absolute Gasteiger partial charge is 0.429 e. The number of ketones is 2. The van der Waals surface area contributed by atoms with Crippen LogP contribution in [0.3, 0.4) is 0 Å². The van der Waals surface area contributed by atoms with Gasteiger partial charge in [-0.1, -0.05) is 0 Å². The van der Waals surface area contributed by atoms with E-state index >= 15 is 0 Å². The number of benzene rings is 2. The van der Waals surface area contributed by atoms with Gasteiger partial charge in [0.25, 0.3) is 0 Å². The molecule has 0 radical (unpaired) electrons. The number of rotatable bonds is 11. The lowest BCUT2D eigenvalue weighted by Gasteiger charge is -2.21. The van der Waals surface area contributed by atoms with E-state index in [1.54, 1.807) is 12.1 Å². The second-order valence-electron chi connectivity index (χ2n) is 9.76. The third-order valence-corrected chi connectivity index (χ3v) is 6.88. The number of nitrogens with zero attached hydrogens (tertiary/aromatic N) is 3. The number of methoxy groups -OCH3 is 1. The zero-order valence-electron chi connectivity index (χ0n) is 22.8. The Hall–Kier alpha value is -4.59. The van der Waals surface area contributed by atoms with Crippen LogP contribution in [0.5, 0.6) is 11.5 Å². The van der Waals surface area contributed by atoms with Crippen LogP contribution in [-0.2, 0) is 20.4 Å². The van der Waals surface area contributed by atoms with Crippen molar-refractivity contribution >= 4 is 28.3 Å². The number of carbonyl (C=O) groups is 2. The molecule has 0 saturated carbocycles. The Labute approximate surface area is 241 Å². The standard InChI is InChI=1S/C29H25F5N4O5/c1-41-24-11-16-19(13-25(24)42-10-4-9-38-7-2-3-8-38)35-15-36-28(16)37-20-12-22(40)23(14-21(20)39)43-29(33,34)17-5-6-18(30)27(32)26(17)31/h5-6,11-15H,2-4,7-10H2,1H3,(H,35,36,37). The van der Waals surface area contributed by atoms with Crippen LogP contribution < -0.4 is 14.8 Å². The highest BCUT2D eigenvalue weighted by molar-refractivity contribution is 6.20. The quantitative estimate of drug-likeness (QED) is 0.140. The van der Waals surface area contributed by atoms with E-state index in [1.165, 1.54) is 26.3 Å². The van der Waals surface area contributed by atoms with Crippen LogP contribution in [0.4, 0.5) is 27.8 Å². The average molecular weight is 605 g/mol. The molecule has 0 atom stereocenters. The fourth-order valence-corrected chi connectivity index (χ4v) is 4.70. The third-order valence-electron chi connectivity index (χ3n) is 6.88. The lowest BCUT2D eigenvalue weighted by atomic mass is 10.1. The second-order valence-corrected chi connectivity index (χ2v) is 9.76. The zero-order chi connectivity index (χ0) is 30.7. The van der Waals surface area contributed by atoms with Gasteiger partial charge in [0, 0.05) is 30.1 Å². The van der Waals surface area contributed by atoms with E-state index in [0.29, 0.717) is 41.2 Å². The van der Waals surface area contributed by atoms with Gasteiger partial charge < -0.3 is 24.4 Å². The normalized spacial score (nSPS) is 15.9. The summed E-state index contributed by atoms with van der Waals surface area (Å²) < 4.78 is 85.4. The molecule has 1 saturated heterocycles. The molecule has 1 fully saturated rings. The summed E-state index contributed by atoms with van der Waals surface area (Å²) in [4.78, 5) is 36.0. The van der Waals surface area contributed by atoms with Gasteiger partial charge in [-0.15, -0.1) is 0 Å². The van der Waals surface area contributed by atoms with Gasteiger partial charge in [0.05, 0.1) is 24.9 Å². The van der Waals surface area contributed by atoms with E-state index in [0.717, 1.165) is 26.1 Å². The molecular weight excluding hydrogens is 579 g/mol. The number of likely N-dealkylation sites (tertiary alicyclic amines) is 1. The van der Waals surface area contributed by atoms with Gasteiger partial charge in [0.1, 0.15) is 17.7 Å². The summed E-state index contributed by atoms with van der Waals surface area (Å²) >= 11 is 0. The number of anilines is 1. The molecule has 43 heavy (non-hydrogen) atoms. The minimum Gasteiger partial charge on any atom is -0.493 e. The molecule has 2 aromatic carbocycles. The number of hydrogen-bond donors (Lipinski definition) is 1. The SMILES string of the molecule is COc1cc2c(NC3=CC(=O)C(OC(F)(F)c4ccc(F)c(F)c4F)=CC3=O)ncnc2cc1OCCCN1CCCC1.